The fourth-order valence-corrected chi connectivity index (χ4v) is 4.56. The quantitative estimate of drug-likeness (QED) is 0.546. The van der Waals surface area contributed by atoms with Gasteiger partial charge in [-0.1, -0.05) is 5.92 Å². The molecule has 2 aromatic heterocycles. The molecule has 31 heavy (non-hydrogen) atoms. The van der Waals surface area contributed by atoms with Crippen LogP contribution in [-0.4, -0.2) is 49.8 Å². The second kappa shape index (κ2) is 8.53. The summed E-state index contributed by atoms with van der Waals surface area (Å²) in [6.07, 6.45) is 10.7. The number of fused-ring (bicyclic) bond motifs is 2. The minimum absolute atomic E-state index is 0.147. The third-order valence-electron chi connectivity index (χ3n) is 5.47. The van der Waals surface area contributed by atoms with E-state index in [1.54, 1.807) is 6.20 Å². The van der Waals surface area contributed by atoms with E-state index >= 15 is 0 Å². The first-order chi connectivity index (χ1) is 15.2. The van der Waals surface area contributed by atoms with Crippen molar-refractivity contribution in [2.75, 3.05) is 31.1 Å². The van der Waals surface area contributed by atoms with Crippen LogP contribution in [0.2, 0.25) is 0 Å². The molecule has 0 unspecified atom stereocenters. The Labute approximate surface area is 184 Å². The average Bonchev–Trinajstić information content (AvgIpc) is 3.29. The maximum atomic E-state index is 13.4. The minimum atomic E-state index is -0.147. The Morgan fingerprint density at radius 3 is 3.13 bits per heavy atom. The topological polar surface area (TPSA) is 83.2 Å². The van der Waals surface area contributed by atoms with Crippen LogP contribution in [0.1, 0.15) is 13.3 Å². The van der Waals surface area contributed by atoms with Crippen molar-refractivity contribution in [3.05, 3.63) is 52.4 Å². The van der Waals surface area contributed by atoms with Crippen LogP contribution >= 0.6 is 12.1 Å². The summed E-state index contributed by atoms with van der Waals surface area (Å²) in [7, 11) is 0. The molecule has 0 radical (unpaired) electrons. The number of rotatable bonds is 4. The second-order valence-corrected chi connectivity index (χ2v) is 8.31. The first-order valence-electron chi connectivity index (χ1n) is 10.4. The van der Waals surface area contributed by atoms with Gasteiger partial charge in [0.15, 0.2) is 0 Å². The Bertz CT molecular complexity index is 1200. The first-order valence-corrected chi connectivity index (χ1v) is 11.1. The van der Waals surface area contributed by atoms with E-state index < -0.39 is 0 Å². The van der Waals surface area contributed by atoms with Gasteiger partial charge < -0.3 is 14.9 Å². The van der Waals surface area contributed by atoms with Crippen LogP contribution in [0.3, 0.4) is 0 Å². The lowest BCUT2D eigenvalue weighted by Gasteiger charge is -2.21. The molecule has 9 nitrogen and oxygen atoms in total. The van der Waals surface area contributed by atoms with Crippen LogP contribution < -0.4 is 20.5 Å². The van der Waals surface area contributed by atoms with Crippen LogP contribution in [0.5, 0.6) is 0 Å². The zero-order valence-corrected chi connectivity index (χ0v) is 18.2. The van der Waals surface area contributed by atoms with Crippen LogP contribution in [-0.2, 0) is 13.1 Å². The number of anilines is 1. The van der Waals surface area contributed by atoms with Crippen LogP contribution in [0.15, 0.2) is 46.8 Å². The van der Waals surface area contributed by atoms with Gasteiger partial charge in [-0.05, 0) is 37.6 Å². The largest absolute Gasteiger partial charge is 0.341 e. The number of nitrogens with zero attached hydrogens (tertiary/aromatic N) is 6. The van der Waals surface area contributed by atoms with E-state index in [9.17, 15) is 4.79 Å². The number of nitrogens with one attached hydrogen (secondary N) is 2. The van der Waals surface area contributed by atoms with E-state index in [1.165, 1.54) is 16.8 Å². The van der Waals surface area contributed by atoms with Gasteiger partial charge in [-0.25, -0.2) is 9.67 Å². The molecule has 3 aliphatic heterocycles. The van der Waals surface area contributed by atoms with Crippen molar-refractivity contribution in [2.45, 2.75) is 26.4 Å². The van der Waals surface area contributed by atoms with Gasteiger partial charge in [0.25, 0.3) is 5.56 Å². The van der Waals surface area contributed by atoms with Crippen molar-refractivity contribution in [3.8, 4) is 11.8 Å². The molecule has 1 fully saturated rings. The molecular formula is C21H24N8OS. The van der Waals surface area contributed by atoms with Gasteiger partial charge in [-0.3, -0.25) is 13.7 Å². The maximum absolute atomic E-state index is 13.4. The molecule has 3 aliphatic rings. The smallest absolute Gasteiger partial charge is 0.293 e. The van der Waals surface area contributed by atoms with E-state index in [2.05, 4.69) is 38.0 Å². The average molecular weight is 437 g/mol. The van der Waals surface area contributed by atoms with E-state index in [0.29, 0.717) is 24.1 Å². The first kappa shape index (κ1) is 19.8. The van der Waals surface area contributed by atoms with Gasteiger partial charge in [0.1, 0.15) is 11.0 Å². The van der Waals surface area contributed by atoms with E-state index in [1.807, 2.05) is 34.3 Å². The number of hydrogen-bond acceptors (Lipinski definition) is 8. The molecule has 5 rings (SSSR count). The molecule has 0 bridgehead atoms. The number of imidazole rings is 1. The molecule has 0 spiro atoms. The van der Waals surface area contributed by atoms with Crippen molar-refractivity contribution >= 4 is 29.1 Å². The number of hydrogen-bond donors (Lipinski definition) is 2. The summed E-state index contributed by atoms with van der Waals surface area (Å²) >= 11 is 1.51. The summed E-state index contributed by atoms with van der Waals surface area (Å²) in [5, 5.41) is 7.83. The van der Waals surface area contributed by atoms with Crippen LogP contribution in [0.4, 0.5) is 5.95 Å². The van der Waals surface area contributed by atoms with Crippen molar-refractivity contribution in [1.29, 1.82) is 0 Å². The molecule has 0 saturated carbocycles. The molecule has 160 valence electrons. The van der Waals surface area contributed by atoms with Gasteiger partial charge in [-0.2, -0.15) is 5.10 Å². The molecule has 2 N–H and O–H groups in total. The van der Waals surface area contributed by atoms with Gasteiger partial charge >= 0.3 is 0 Å². The van der Waals surface area contributed by atoms with Gasteiger partial charge in [0, 0.05) is 32.0 Å². The van der Waals surface area contributed by atoms with Crippen LogP contribution in [0, 0.1) is 11.8 Å². The summed E-state index contributed by atoms with van der Waals surface area (Å²) in [6, 6.07) is 0. The van der Waals surface area contributed by atoms with Gasteiger partial charge in [0.2, 0.25) is 5.95 Å². The van der Waals surface area contributed by atoms with E-state index in [-0.39, 0.29) is 5.56 Å². The lowest BCUT2D eigenvalue weighted by atomic mass is 10.2. The summed E-state index contributed by atoms with van der Waals surface area (Å²) in [5.74, 6) is 6.85. The lowest BCUT2D eigenvalue weighted by Crippen LogP contribution is -2.31. The number of aromatic nitrogens is 4. The maximum Gasteiger partial charge on any atom is 0.293 e. The SMILES string of the molecule is CC#CCn1c(N2CCCNCC2)nc2cnn(CC3=CC4=CNSN4C=C3)c(=O)c21. The lowest BCUT2D eigenvalue weighted by molar-refractivity contribution is 0.635. The summed E-state index contributed by atoms with van der Waals surface area (Å²) in [4.78, 5) is 20.5. The highest BCUT2D eigenvalue weighted by molar-refractivity contribution is 7.95. The third-order valence-corrected chi connectivity index (χ3v) is 6.22. The Morgan fingerprint density at radius 2 is 2.23 bits per heavy atom. The van der Waals surface area contributed by atoms with Crippen LogP contribution in [0.25, 0.3) is 11.0 Å². The molecule has 0 amide bonds. The summed E-state index contributed by atoms with van der Waals surface area (Å²) in [6.45, 7) is 6.26. The van der Waals surface area contributed by atoms with Gasteiger partial charge in [-0.15, -0.1) is 5.92 Å². The van der Waals surface area contributed by atoms with E-state index in [0.717, 1.165) is 49.8 Å². The standard InChI is InChI=1S/C21H24N8OS/c1-2-3-9-27-19-18(25-21(27)26-8-4-6-22-7-11-26)14-23-28(20(19)30)15-16-5-10-29-17(12-16)13-24-31-29/h5,10,12-14,22,24H,4,6-9,11,15H2,1H3. The van der Waals surface area contributed by atoms with Crippen molar-refractivity contribution in [3.63, 3.8) is 0 Å². The minimum Gasteiger partial charge on any atom is -0.341 e. The molecule has 0 aliphatic carbocycles. The Kier molecular flexibility index (Phi) is 5.44. The van der Waals surface area contributed by atoms with Crippen molar-refractivity contribution < 1.29 is 0 Å². The Morgan fingerprint density at radius 1 is 1.29 bits per heavy atom. The summed E-state index contributed by atoms with van der Waals surface area (Å²) in [5.41, 5.74) is 3.09. The Balaban J connectivity index is 1.54. The zero-order chi connectivity index (χ0) is 21.2. The summed E-state index contributed by atoms with van der Waals surface area (Å²) < 4.78 is 8.61. The number of allylic oxidation sites excluding steroid dienone is 3. The predicted octanol–water partition coefficient (Wildman–Crippen LogP) is 1.18. The molecular weight excluding hydrogens is 412 g/mol. The molecule has 5 heterocycles. The normalized spacial score (nSPS) is 18.1. The highest BCUT2D eigenvalue weighted by Gasteiger charge is 2.22. The third kappa shape index (κ3) is 3.82. The molecule has 2 aromatic rings. The van der Waals surface area contributed by atoms with Crippen molar-refractivity contribution in [1.82, 2.24) is 33.7 Å². The fraction of sp³-hybridized carbons (Fsp3) is 0.381. The molecule has 10 heteroatoms. The fourth-order valence-electron chi connectivity index (χ4n) is 3.94. The highest BCUT2D eigenvalue weighted by atomic mass is 32.2. The van der Waals surface area contributed by atoms with Crippen molar-refractivity contribution in [2.24, 2.45) is 0 Å². The monoisotopic (exact) mass is 436 g/mol. The second-order valence-electron chi connectivity index (χ2n) is 7.50. The molecule has 0 aromatic carbocycles. The molecule has 1 saturated heterocycles. The molecule has 0 atom stereocenters. The predicted molar refractivity (Wildman–Crippen MR) is 123 cm³/mol. The zero-order valence-electron chi connectivity index (χ0n) is 17.3. The Hall–Kier alpha value is -3.16. The van der Waals surface area contributed by atoms with E-state index in [4.69, 9.17) is 4.98 Å². The highest BCUT2D eigenvalue weighted by Crippen LogP contribution is 2.28. The van der Waals surface area contributed by atoms with Gasteiger partial charge in [0.05, 0.1) is 37.1 Å².